The van der Waals surface area contributed by atoms with Gasteiger partial charge in [-0.3, -0.25) is 0 Å². The van der Waals surface area contributed by atoms with E-state index in [-0.39, 0.29) is 11.1 Å². The van der Waals surface area contributed by atoms with Crippen molar-refractivity contribution >= 4 is 5.97 Å². The molecule has 0 fully saturated rings. The molecule has 0 heterocycles. The van der Waals surface area contributed by atoms with Crippen molar-refractivity contribution in [3.05, 3.63) is 83.2 Å². The number of aryl methyl sites for hydroxylation is 1. The Morgan fingerprint density at radius 3 is 2.00 bits per heavy atom. The van der Waals surface area contributed by atoms with Crippen LogP contribution in [0.4, 0.5) is 13.2 Å². The number of hydrogen-bond donors (Lipinski definition) is 1. The number of halogens is 3. The molecular weight excluding hydrogens is 353 g/mol. The number of carboxylic acids is 1. The fourth-order valence-corrected chi connectivity index (χ4v) is 3.03. The summed E-state index contributed by atoms with van der Waals surface area (Å²) in [5.41, 5.74) is 3.17. The van der Waals surface area contributed by atoms with E-state index in [4.69, 9.17) is 0 Å². The highest BCUT2D eigenvalue weighted by Crippen LogP contribution is 2.30. The van der Waals surface area contributed by atoms with E-state index < -0.39 is 23.4 Å². The first-order valence-electron chi connectivity index (χ1n) is 8.52. The van der Waals surface area contributed by atoms with Crippen molar-refractivity contribution in [2.45, 2.75) is 19.8 Å². The van der Waals surface area contributed by atoms with Crippen LogP contribution in [-0.2, 0) is 6.42 Å². The van der Waals surface area contributed by atoms with Gasteiger partial charge in [-0.05, 0) is 52.4 Å². The third kappa shape index (κ3) is 3.87. The first kappa shape index (κ1) is 18.7. The zero-order valence-corrected chi connectivity index (χ0v) is 14.6. The predicted molar refractivity (Wildman–Crippen MR) is 98.1 cm³/mol. The lowest BCUT2D eigenvalue weighted by Gasteiger charge is -2.11. The Kier molecular flexibility index (Phi) is 5.31. The lowest BCUT2D eigenvalue weighted by atomic mass is 9.94. The minimum Gasteiger partial charge on any atom is -0.478 e. The molecule has 5 heteroatoms. The lowest BCUT2D eigenvalue weighted by molar-refractivity contribution is 0.0697. The molecule has 0 bridgehead atoms. The normalized spacial score (nSPS) is 10.8. The summed E-state index contributed by atoms with van der Waals surface area (Å²) in [6.45, 7) is 2.04. The van der Waals surface area contributed by atoms with Crippen LogP contribution < -0.4 is 0 Å². The zero-order valence-electron chi connectivity index (χ0n) is 14.6. The predicted octanol–water partition coefficient (Wildman–Crippen LogP) is 6.09. The van der Waals surface area contributed by atoms with Crippen molar-refractivity contribution in [2.75, 3.05) is 0 Å². The molecule has 0 saturated heterocycles. The third-order valence-corrected chi connectivity index (χ3v) is 4.37. The molecule has 3 aromatic carbocycles. The van der Waals surface area contributed by atoms with Crippen molar-refractivity contribution < 1.29 is 23.1 Å². The van der Waals surface area contributed by atoms with Crippen LogP contribution in [0.15, 0.2) is 54.6 Å². The highest BCUT2D eigenvalue weighted by atomic mass is 19.2. The fourth-order valence-electron chi connectivity index (χ4n) is 3.03. The Balaban J connectivity index is 2.03. The van der Waals surface area contributed by atoms with Gasteiger partial charge in [-0.2, -0.15) is 0 Å². The molecular formula is C22H17F3O2. The smallest absolute Gasteiger partial charge is 0.336 e. The summed E-state index contributed by atoms with van der Waals surface area (Å²) < 4.78 is 40.0. The van der Waals surface area contributed by atoms with Crippen molar-refractivity contribution in [3.63, 3.8) is 0 Å². The molecule has 3 rings (SSSR count). The molecule has 0 radical (unpaired) electrons. The van der Waals surface area contributed by atoms with Crippen molar-refractivity contribution in [3.8, 4) is 22.3 Å². The maximum atomic E-state index is 13.4. The number of carbonyl (C=O) groups is 1. The molecule has 0 atom stereocenters. The summed E-state index contributed by atoms with van der Waals surface area (Å²) in [5.74, 6) is -5.04. The highest BCUT2D eigenvalue weighted by Gasteiger charge is 2.14. The summed E-state index contributed by atoms with van der Waals surface area (Å²) in [6.07, 6.45) is 1.77. The van der Waals surface area contributed by atoms with E-state index in [1.54, 1.807) is 36.4 Å². The summed E-state index contributed by atoms with van der Waals surface area (Å²) in [6, 6.07) is 13.7. The minimum atomic E-state index is -1.51. The number of benzene rings is 3. The maximum Gasteiger partial charge on any atom is 0.336 e. The molecule has 0 amide bonds. The van der Waals surface area contributed by atoms with Gasteiger partial charge in [0.2, 0.25) is 0 Å². The average molecular weight is 370 g/mol. The van der Waals surface area contributed by atoms with Crippen LogP contribution in [0.2, 0.25) is 0 Å². The molecule has 0 aliphatic heterocycles. The van der Waals surface area contributed by atoms with Gasteiger partial charge in [0, 0.05) is 0 Å². The van der Waals surface area contributed by atoms with Gasteiger partial charge in [0.1, 0.15) is 0 Å². The van der Waals surface area contributed by atoms with Crippen LogP contribution in [-0.4, -0.2) is 11.1 Å². The minimum absolute atomic E-state index is 0.182. The lowest BCUT2D eigenvalue weighted by Crippen LogP contribution is -2.00. The Labute approximate surface area is 154 Å². The molecule has 0 aliphatic rings. The second-order valence-electron chi connectivity index (χ2n) is 6.27. The quantitative estimate of drug-likeness (QED) is 0.552. The molecule has 27 heavy (non-hydrogen) atoms. The van der Waals surface area contributed by atoms with Crippen LogP contribution >= 0.6 is 0 Å². The van der Waals surface area contributed by atoms with Gasteiger partial charge < -0.3 is 5.11 Å². The van der Waals surface area contributed by atoms with Gasteiger partial charge in [-0.15, -0.1) is 0 Å². The molecule has 0 aromatic heterocycles. The van der Waals surface area contributed by atoms with E-state index in [0.29, 0.717) is 16.7 Å². The number of hydrogen-bond acceptors (Lipinski definition) is 1. The van der Waals surface area contributed by atoms with Gasteiger partial charge in [0.05, 0.1) is 5.56 Å². The van der Waals surface area contributed by atoms with Gasteiger partial charge in [0.15, 0.2) is 17.5 Å². The number of rotatable bonds is 5. The van der Waals surface area contributed by atoms with Crippen LogP contribution in [0.5, 0.6) is 0 Å². The fraction of sp³-hybridized carbons (Fsp3) is 0.136. The summed E-state index contributed by atoms with van der Waals surface area (Å²) in [7, 11) is 0. The SMILES string of the molecule is CCCc1ccc(C(=O)O)c(-c2ccc(-c3cc(F)c(F)c(F)c3)cc2)c1. The van der Waals surface area contributed by atoms with E-state index >= 15 is 0 Å². The highest BCUT2D eigenvalue weighted by molar-refractivity contribution is 5.96. The van der Waals surface area contributed by atoms with Gasteiger partial charge in [-0.1, -0.05) is 49.7 Å². The van der Waals surface area contributed by atoms with Gasteiger partial charge in [-0.25, -0.2) is 18.0 Å². The zero-order chi connectivity index (χ0) is 19.6. The summed E-state index contributed by atoms with van der Waals surface area (Å²) in [5, 5.41) is 9.45. The van der Waals surface area contributed by atoms with E-state index in [0.717, 1.165) is 30.5 Å². The maximum absolute atomic E-state index is 13.4. The van der Waals surface area contributed by atoms with Crippen molar-refractivity contribution in [1.82, 2.24) is 0 Å². The Morgan fingerprint density at radius 1 is 0.852 bits per heavy atom. The largest absolute Gasteiger partial charge is 0.478 e. The topological polar surface area (TPSA) is 37.3 Å². The van der Waals surface area contributed by atoms with E-state index in [1.807, 2.05) is 13.0 Å². The second-order valence-corrected chi connectivity index (χ2v) is 6.27. The van der Waals surface area contributed by atoms with E-state index in [9.17, 15) is 23.1 Å². The Morgan fingerprint density at radius 2 is 1.44 bits per heavy atom. The van der Waals surface area contributed by atoms with Crippen LogP contribution in [0, 0.1) is 17.5 Å². The van der Waals surface area contributed by atoms with Crippen molar-refractivity contribution in [1.29, 1.82) is 0 Å². The molecule has 138 valence electrons. The molecule has 3 aromatic rings. The summed E-state index contributed by atoms with van der Waals surface area (Å²) >= 11 is 0. The van der Waals surface area contributed by atoms with Crippen LogP contribution in [0.1, 0.15) is 29.3 Å². The third-order valence-electron chi connectivity index (χ3n) is 4.37. The van der Waals surface area contributed by atoms with E-state index in [1.165, 1.54) is 0 Å². The molecule has 0 unspecified atom stereocenters. The van der Waals surface area contributed by atoms with Gasteiger partial charge in [0.25, 0.3) is 0 Å². The Hall–Kier alpha value is -3.08. The first-order chi connectivity index (χ1) is 12.9. The molecule has 0 saturated carbocycles. The molecule has 1 N–H and O–H groups in total. The number of carboxylic acid groups (broad SMARTS) is 1. The van der Waals surface area contributed by atoms with Crippen LogP contribution in [0.3, 0.4) is 0 Å². The average Bonchev–Trinajstić information content (AvgIpc) is 2.66. The monoisotopic (exact) mass is 370 g/mol. The summed E-state index contributed by atoms with van der Waals surface area (Å²) in [4.78, 5) is 11.5. The second kappa shape index (κ2) is 7.66. The van der Waals surface area contributed by atoms with Crippen molar-refractivity contribution in [2.24, 2.45) is 0 Å². The first-order valence-corrected chi connectivity index (χ1v) is 8.52. The molecule has 2 nitrogen and oxygen atoms in total. The standard InChI is InChI=1S/C22H17F3O2/c1-2-3-13-4-9-17(22(26)27)18(10-13)15-7-5-14(6-8-15)16-11-19(23)21(25)20(24)12-16/h4-12H,2-3H2,1H3,(H,26,27). The molecule has 0 aliphatic carbocycles. The molecule has 0 spiro atoms. The van der Waals surface area contributed by atoms with Crippen LogP contribution in [0.25, 0.3) is 22.3 Å². The van der Waals surface area contributed by atoms with E-state index in [2.05, 4.69) is 0 Å². The number of aromatic carboxylic acids is 1. The Bertz CT molecular complexity index is 972. The van der Waals surface area contributed by atoms with Gasteiger partial charge >= 0.3 is 5.97 Å².